The zero-order valence-corrected chi connectivity index (χ0v) is 13.1. The van der Waals surface area contributed by atoms with Gasteiger partial charge in [0.1, 0.15) is 0 Å². The number of alkyl halides is 2. The second-order valence-corrected chi connectivity index (χ2v) is 6.97. The Labute approximate surface area is 127 Å². The maximum Gasteiger partial charge on any atom is 0.370 e. The first-order valence-corrected chi connectivity index (χ1v) is 8.25. The highest BCUT2D eigenvalue weighted by atomic mass is 32.2. The summed E-state index contributed by atoms with van der Waals surface area (Å²) in [5.41, 5.74) is 0. The van der Waals surface area contributed by atoms with Crippen molar-refractivity contribution in [2.75, 3.05) is 14.1 Å². The third-order valence-corrected chi connectivity index (χ3v) is 4.98. The predicted molar refractivity (Wildman–Crippen MR) is 73.6 cm³/mol. The van der Waals surface area contributed by atoms with Gasteiger partial charge in [0.15, 0.2) is 0 Å². The Kier molecular flexibility index (Phi) is 5.85. The first-order chi connectivity index (χ1) is 10.0. The molecule has 0 radical (unpaired) electrons. The quantitative estimate of drug-likeness (QED) is 0.625. The van der Waals surface area contributed by atoms with E-state index in [9.17, 15) is 26.8 Å². The Bertz CT molecular complexity index is 538. The van der Waals surface area contributed by atoms with Gasteiger partial charge in [0.05, 0.1) is 0 Å². The molecule has 0 saturated heterocycles. The average Bonchev–Trinajstić information content (AvgIpc) is 2.43. The Morgan fingerprint density at radius 3 is 2.18 bits per heavy atom. The molecule has 0 aromatic rings. The van der Waals surface area contributed by atoms with Crippen molar-refractivity contribution in [1.29, 1.82) is 0 Å². The van der Waals surface area contributed by atoms with Crippen molar-refractivity contribution in [3.63, 3.8) is 0 Å². The molecule has 0 spiro atoms. The average molecular weight is 342 g/mol. The van der Waals surface area contributed by atoms with E-state index in [2.05, 4.69) is 10.6 Å². The Morgan fingerprint density at radius 2 is 1.73 bits per heavy atom. The van der Waals surface area contributed by atoms with Crippen LogP contribution in [-0.2, 0) is 19.7 Å². The molecule has 3 atom stereocenters. The fourth-order valence-corrected chi connectivity index (χ4v) is 3.30. The van der Waals surface area contributed by atoms with E-state index in [1.165, 1.54) is 14.1 Å². The number of nitrogens with one attached hydrogen (secondary N) is 2. The summed E-state index contributed by atoms with van der Waals surface area (Å²) in [4.78, 5) is 23.4. The number of amides is 2. The van der Waals surface area contributed by atoms with Crippen LogP contribution in [0.4, 0.5) is 8.78 Å². The molecule has 128 valence electrons. The molecule has 0 aromatic carbocycles. The van der Waals surface area contributed by atoms with Gasteiger partial charge in [-0.1, -0.05) is 0 Å². The van der Waals surface area contributed by atoms with Crippen molar-refractivity contribution < 1.29 is 31.3 Å². The first kappa shape index (κ1) is 18.8. The molecule has 2 amide bonds. The Balaban J connectivity index is 3.00. The molecule has 0 aromatic heterocycles. The SMILES string of the molecule is CNC(=O)C1CCC(C(=O)NC)C(CC(F)(F)S(=O)(=O)O)C1. The van der Waals surface area contributed by atoms with Crippen molar-refractivity contribution in [3.05, 3.63) is 0 Å². The van der Waals surface area contributed by atoms with E-state index in [1.54, 1.807) is 0 Å². The summed E-state index contributed by atoms with van der Waals surface area (Å²) in [6.07, 6.45) is -0.685. The molecule has 1 saturated carbocycles. The van der Waals surface area contributed by atoms with Gasteiger partial charge in [-0.05, 0) is 25.2 Å². The Morgan fingerprint density at radius 1 is 1.18 bits per heavy atom. The van der Waals surface area contributed by atoms with Gasteiger partial charge in [0.25, 0.3) is 0 Å². The monoisotopic (exact) mass is 342 g/mol. The summed E-state index contributed by atoms with van der Waals surface area (Å²) < 4.78 is 57.4. The minimum absolute atomic E-state index is 0.0388. The van der Waals surface area contributed by atoms with Crippen molar-refractivity contribution >= 4 is 21.9 Å². The third-order valence-electron chi connectivity index (χ3n) is 4.06. The summed E-state index contributed by atoms with van der Waals surface area (Å²) in [5, 5.41) is 0.410. The highest BCUT2D eigenvalue weighted by molar-refractivity contribution is 7.86. The van der Waals surface area contributed by atoms with Gasteiger partial charge in [0, 0.05) is 32.4 Å². The molecule has 3 N–H and O–H groups in total. The van der Waals surface area contributed by atoms with E-state index in [0.717, 1.165) is 0 Å². The largest absolute Gasteiger partial charge is 0.370 e. The molecule has 22 heavy (non-hydrogen) atoms. The van der Waals surface area contributed by atoms with Crippen LogP contribution in [0.1, 0.15) is 25.7 Å². The van der Waals surface area contributed by atoms with E-state index in [4.69, 9.17) is 4.55 Å². The first-order valence-electron chi connectivity index (χ1n) is 6.81. The summed E-state index contributed by atoms with van der Waals surface area (Å²) in [6.45, 7) is 0. The van der Waals surface area contributed by atoms with Crippen LogP contribution >= 0.6 is 0 Å². The Hall–Kier alpha value is -1.29. The molecule has 0 heterocycles. The summed E-state index contributed by atoms with van der Waals surface area (Å²) in [5.74, 6) is -3.22. The smallest absolute Gasteiger partial charge is 0.359 e. The molecule has 1 aliphatic carbocycles. The van der Waals surface area contributed by atoms with Gasteiger partial charge < -0.3 is 10.6 Å². The van der Waals surface area contributed by atoms with Crippen molar-refractivity contribution in [3.8, 4) is 0 Å². The number of halogens is 2. The standard InChI is InChI=1S/C12H20F2N2O5S/c1-15-10(17)7-3-4-9(11(18)16-2)8(5-7)6-12(13,14)22(19,20)21/h7-9H,3-6H2,1-2H3,(H,15,17)(H,16,18)(H,19,20,21). The zero-order chi connectivity index (χ0) is 17.1. The lowest BCUT2D eigenvalue weighted by Crippen LogP contribution is -2.43. The van der Waals surface area contributed by atoms with Crippen LogP contribution in [0.25, 0.3) is 0 Å². The number of hydrogen-bond acceptors (Lipinski definition) is 4. The fraction of sp³-hybridized carbons (Fsp3) is 0.833. The van der Waals surface area contributed by atoms with Crippen LogP contribution in [0.5, 0.6) is 0 Å². The second kappa shape index (κ2) is 6.86. The number of carbonyl (C=O) groups is 2. The summed E-state index contributed by atoms with van der Waals surface area (Å²) in [7, 11) is -2.80. The van der Waals surface area contributed by atoms with Crippen LogP contribution in [0.2, 0.25) is 0 Å². The predicted octanol–water partition coefficient (Wildman–Crippen LogP) is 0.382. The lowest BCUT2D eigenvalue weighted by atomic mass is 9.72. The topological polar surface area (TPSA) is 113 Å². The van der Waals surface area contributed by atoms with Crippen molar-refractivity contribution in [2.45, 2.75) is 30.9 Å². The lowest BCUT2D eigenvalue weighted by Gasteiger charge is -2.35. The molecular formula is C12H20F2N2O5S. The van der Waals surface area contributed by atoms with E-state index < -0.39 is 45.5 Å². The van der Waals surface area contributed by atoms with Crippen LogP contribution < -0.4 is 10.6 Å². The second-order valence-electron chi connectivity index (χ2n) is 5.42. The fourth-order valence-electron chi connectivity index (χ4n) is 2.87. The minimum atomic E-state index is -5.57. The van der Waals surface area contributed by atoms with Crippen molar-refractivity contribution in [2.24, 2.45) is 17.8 Å². The van der Waals surface area contributed by atoms with Crippen molar-refractivity contribution in [1.82, 2.24) is 10.6 Å². The van der Waals surface area contributed by atoms with Crippen LogP contribution in [0.3, 0.4) is 0 Å². The molecule has 10 heteroatoms. The number of hydrogen-bond donors (Lipinski definition) is 3. The molecule has 3 unspecified atom stereocenters. The van der Waals surface area contributed by atoms with Crippen LogP contribution in [0.15, 0.2) is 0 Å². The third kappa shape index (κ3) is 4.13. The minimum Gasteiger partial charge on any atom is -0.359 e. The summed E-state index contributed by atoms with van der Waals surface area (Å²) >= 11 is 0. The summed E-state index contributed by atoms with van der Waals surface area (Å²) in [6, 6.07) is 0. The van der Waals surface area contributed by atoms with Gasteiger partial charge in [-0.15, -0.1) is 0 Å². The lowest BCUT2D eigenvalue weighted by molar-refractivity contribution is -0.133. The van der Waals surface area contributed by atoms with Crippen LogP contribution in [-0.4, -0.2) is 44.1 Å². The molecule has 1 rings (SSSR count). The normalized spacial score (nSPS) is 26.3. The molecule has 7 nitrogen and oxygen atoms in total. The van der Waals surface area contributed by atoms with E-state index in [0.29, 0.717) is 6.42 Å². The van der Waals surface area contributed by atoms with E-state index in [1.807, 2.05) is 0 Å². The van der Waals surface area contributed by atoms with E-state index in [-0.39, 0.29) is 18.7 Å². The van der Waals surface area contributed by atoms with Crippen LogP contribution in [0, 0.1) is 17.8 Å². The highest BCUT2D eigenvalue weighted by Crippen LogP contribution is 2.41. The van der Waals surface area contributed by atoms with Gasteiger partial charge in [-0.2, -0.15) is 17.2 Å². The van der Waals surface area contributed by atoms with Gasteiger partial charge >= 0.3 is 15.4 Å². The molecule has 0 bridgehead atoms. The maximum atomic E-state index is 13.6. The van der Waals surface area contributed by atoms with E-state index >= 15 is 0 Å². The molecule has 0 aliphatic heterocycles. The zero-order valence-electron chi connectivity index (χ0n) is 12.3. The number of carbonyl (C=O) groups excluding carboxylic acids is 2. The number of rotatable bonds is 5. The molecule has 1 aliphatic rings. The van der Waals surface area contributed by atoms with Gasteiger partial charge in [0.2, 0.25) is 11.8 Å². The maximum absolute atomic E-state index is 13.6. The molecule has 1 fully saturated rings. The van der Waals surface area contributed by atoms with Gasteiger partial charge in [-0.3, -0.25) is 14.1 Å². The molecular weight excluding hydrogens is 322 g/mol. The highest BCUT2D eigenvalue weighted by Gasteiger charge is 2.49. The van der Waals surface area contributed by atoms with Gasteiger partial charge in [-0.25, -0.2) is 0 Å².